The number of nitrogens with one attached hydrogen (secondary N) is 1. The number of piperidine rings is 2. The zero-order chi connectivity index (χ0) is 13.9. The van der Waals surface area contributed by atoms with Crippen LogP contribution >= 0.6 is 0 Å². The molecule has 3 rings (SSSR count). The Morgan fingerprint density at radius 3 is 2.30 bits per heavy atom. The number of hydrogen-bond acceptors (Lipinski definition) is 3. The number of likely N-dealkylation sites (tertiary alicyclic amines) is 1. The van der Waals surface area contributed by atoms with Crippen LogP contribution in [-0.4, -0.2) is 60.1 Å². The molecule has 0 amide bonds. The molecule has 3 nitrogen and oxygen atoms in total. The van der Waals surface area contributed by atoms with Gasteiger partial charge in [0.15, 0.2) is 0 Å². The standard InChI is InChI=1S/C17H33N3/c1-3-18-15-11-16-7-6-8-17(12-15)20(16)13-14(2)19-9-4-5-10-19/h14-18H,3-13H2,1-2H3. The average Bonchev–Trinajstić information content (AvgIpc) is 2.94. The maximum Gasteiger partial charge on any atom is 0.0195 e. The molecule has 3 unspecified atom stereocenters. The van der Waals surface area contributed by atoms with Gasteiger partial charge in [-0.15, -0.1) is 0 Å². The van der Waals surface area contributed by atoms with E-state index in [4.69, 9.17) is 0 Å². The van der Waals surface area contributed by atoms with Crippen molar-refractivity contribution in [3.05, 3.63) is 0 Å². The summed E-state index contributed by atoms with van der Waals surface area (Å²) in [5.74, 6) is 0. The van der Waals surface area contributed by atoms with Gasteiger partial charge >= 0.3 is 0 Å². The van der Waals surface area contributed by atoms with E-state index in [0.29, 0.717) is 0 Å². The molecule has 0 aromatic carbocycles. The van der Waals surface area contributed by atoms with Gasteiger partial charge in [0.1, 0.15) is 0 Å². The lowest BCUT2D eigenvalue weighted by atomic mass is 9.81. The van der Waals surface area contributed by atoms with Crippen LogP contribution < -0.4 is 5.32 Å². The molecule has 3 aliphatic heterocycles. The number of hydrogen-bond donors (Lipinski definition) is 1. The molecule has 1 N–H and O–H groups in total. The van der Waals surface area contributed by atoms with E-state index in [2.05, 4.69) is 29.0 Å². The van der Waals surface area contributed by atoms with Gasteiger partial charge in [-0.2, -0.15) is 0 Å². The van der Waals surface area contributed by atoms with E-state index in [-0.39, 0.29) is 0 Å². The van der Waals surface area contributed by atoms with Crippen LogP contribution in [0.2, 0.25) is 0 Å². The maximum atomic E-state index is 3.70. The predicted octanol–water partition coefficient (Wildman–Crippen LogP) is 2.47. The highest BCUT2D eigenvalue weighted by Crippen LogP contribution is 2.34. The molecule has 0 aromatic heterocycles. The lowest BCUT2D eigenvalue weighted by Gasteiger charge is -2.50. The minimum Gasteiger partial charge on any atom is -0.314 e. The van der Waals surface area contributed by atoms with Crippen LogP contribution in [0.5, 0.6) is 0 Å². The van der Waals surface area contributed by atoms with Crippen LogP contribution in [0.3, 0.4) is 0 Å². The molecule has 0 saturated carbocycles. The molecule has 20 heavy (non-hydrogen) atoms. The number of nitrogens with zero attached hydrogens (tertiary/aromatic N) is 2. The lowest BCUT2D eigenvalue weighted by molar-refractivity contribution is 0.00683. The Labute approximate surface area is 125 Å². The van der Waals surface area contributed by atoms with Crippen molar-refractivity contribution < 1.29 is 0 Å². The first-order valence-electron chi connectivity index (χ1n) is 9.01. The third kappa shape index (κ3) is 3.20. The fourth-order valence-corrected chi connectivity index (χ4v) is 4.83. The molecule has 3 heteroatoms. The summed E-state index contributed by atoms with van der Waals surface area (Å²) < 4.78 is 0. The van der Waals surface area contributed by atoms with Gasteiger partial charge in [0.05, 0.1) is 0 Å². The maximum absolute atomic E-state index is 3.70. The normalized spacial score (nSPS) is 37.2. The molecule has 0 aliphatic carbocycles. The van der Waals surface area contributed by atoms with Crippen molar-refractivity contribution in [3.8, 4) is 0 Å². The number of rotatable bonds is 5. The van der Waals surface area contributed by atoms with Crippen molar-refractivity contribution in [2.75, 3.05) is 26.2 Å². The Bertz CT molecular complexity index is 287. The molecule has 0 aromatic rings. The van der Waals surface area contributed by atoms with Gasteiger partial charge in [-0.3, -0.25) is 9.80 Å². The van der Waals surface area contributed by atoms with E-state index in [1.54, 1.807) is 0 Å². The van der Waals surface area contributed by atoms with Gasteiger partial charge in [0.25, 0.3) is 0 Å². The Hall–Kier alpha value is -0.120. The highest BCUT2D eigenvalue weighted by Gasteiger charge is 2.38. The van der Waals surface area contributed by atoms with E-state index < -0.39 is 0 Å². The van der Waals surface area contributed by atoms with Crippen LogP contribution in [0.15, 0.2) is 0 Å². The highest BCUT2D eigenvalue weighted by molar-refractivity contribution is 4.96. The quantitative estimate of drug-likeness (QED) is 0.834. The van der Waals surface area contributed by atoms with E-state index in [1.807, 2.05) is 0 Å². The summed E-state index contributed by atoms with van der Waals surface area (Å²) in [6.07, 6.45) is 9.94. The van der Waals surface area contributed by atoms with Crippen molar-refractivity contribution >= 4 is 0 Å². The zero-order valence-electron chi connectivity index (χ0n) is 13.5. The SMILES string of the molecule is CCNC1CC2CCCC(C1)N2CC(C)N1CCCC1. The van der Waals surface area contributed by atoms with Crippen molar-refractivity contribution in [2.45, 2.75) is 83.0 Å². The van der Waals surface area contributed by atoms with Crippen molar-refractivity contribution in [3.63, 3.8) is 0 Å². The first kappa shape index (κ1) is 14.8. The van der Waals surface area contributed by atoms with Crippen LogP contribution in [-0.2, 0) is 0 Å². The summed E-state index contributed by atoms with van der Waals surface area (Å²) in [6, 6.07) is 3.26. The van der Waals surface area contributed by atoms with Crippen LogP contribution in [0.4, 0.5) is 0 Å². The topological polar surface area (TPSA) is 18.5 Å². The van der Waals surface area contributed by atoms with Gasteiger partial charge in [-0.25, -0.2) is 0 Å². The molecule has 3 heterocycles. The van der Waals surface area contributed by atoms with Crippen LogP contribution in [0.1, 0.15) is 58.8 Å². The summed E-state index contributed by atoms with van der Waals surface area (Å²) in [5.41, 5.74) is 0. The lowest BCUT2D eigenvalue weighted by Crippen LogP contribution is -2.58. The summed E-state index contributed by atoms with van der Waals surface area (Å²) in [7, 11) is 0. The summed E-state index contributed by atoms with van der Waals surface area (Å²) in [4.78, 5) is 5.60. The molecular formula is C17H33N3. The fourth-order valence-electron chi connectivity index (χ4n) is 4.83. The van der Waals surface area contributed by atoms with E-state index in [9.17, 15) is 0 Å². The number of fused-ring (bicyclic) bond motifs is 2. The van der Waals surface area contributed by atoms with Crippen molar-refractivity contribution in [1.82, 2.24) is 15.1 Å². The Balaban J connectivity index is 1.58. The second-order valence-corrected chi connectivity index (χ2v) is 7.25. The fraction of sp³-hybridized carbons (Fsp3) is 1.00. The molecule has 0 spiro atoms. The molecule has 116 valence electrons. The predicted molar refractivity (Wildman–Crippen MR) is 85.1 cm³/mol. The van der Waals surface area contributed by atoms with Gasteiger partial charge in [-0.05, 0) is 65.1 Å². The van der Waals surface area contributed by atoms with Gasteiger partial charge in [-0.1, -0.05) is 13.3 Å². The average molecular weight is 279 g/mol. The molecule has 0 radical (unpaired) electrons. The third-order valence-electron chi connectivity index (χ3n) is 5.86. The monoisotopic (exact) mass is 279 g/mol. The zero-order valence-corrected chi connectivity index (χ0v) is 13.5. The summed E-state index contributed by atoms with van der Waals surface area (Å²) in [5, 5.41) is 3.70. The first-order chi connectivity index (χ1) is 9.78. The minimum atomic E-state index is 0.760. The third-order valence-corrected chi connectivity index (χ3v) is 5.86. The minimum absolute atomic E-state index is 0.760. The van der Waals surface area contributed by atoms with Crippen LogP contribution in [0.25, 0.3) is 0 Å². The largest absolute Gasteiger partial charge is 0.314 e. The first-order valence-corrected chi connectivity index (χ1v) is 9.01. The van der Waals surface area contributed by atoms with Gasteiger partial charge in [0, 0.05) is 30.7 Å². The molecule has 3 fully saturated rings. The van der Waals surface area contributed by atoms with Gasteiger partial charge in [0.2, 0.25) is 0 Å². The van der Waals surface area contributed by atoms with Crippen molar-refractivity contribution in [2.24, 2.45) is 0 Å². The van der Waals surface area contributed by atoms with E-state index in [0.717, 1.165) is 30.7 Å². The Morgan fingerprint density at radius 2 is 1.70 bits per heavy atom. The molecule has 3 saturated heterocycles. The smallest absolute Gasteiger partial charge is 0.0195 e. The second kappa shape index (κ2) is 6.76. The second-order valence-electron chi connectivity index (χ2n) is 7.25. The summed E-state index contributed by atoms with van der Waals surface area (Å²) >= 11 is 0. The van der Waals surface area contributed by atoms with Crippen molar-refractivity contribution in [1.29, 1.82) is 0 Å². The van der Waals surface area contributed by atoms with E-state index in [1.165, 1.54) is 64.6 Å². The molecule has 2 bridgehead atoms. The molecule has 3 aliphatic rings. The molecule has 3 atom stereocenters. The Morgan fingerprint density at radius 1 is 1.05 bits per heavy atom. The van der Waals surface area contributed by atoms with E-state index >= 15 is 0 Å². The van der Waals surface area contributed by atoms with Crippen LogP contribution in [0, 0.1) is 0 Å². The summed E-state index contributed by atoms with van der Waals surface area (Å²) in [6.45, 7) is 9.83. The van der Waals surface area contributed by atoms with Gasteiger partial charge < -0.3 is 5.32 Å². The Kier molecular flexibility index (Phi) is 5.00. The molecular weight excluding hydrogens is 246 g/mol. The highest BCUT2D eigenvalue weighted by atomic mass is 15.3.